The predicted octanol–water partition coefficient (Wildman–Crippen LogP) is 5.08. The molecular formula is C13H7BrF2N2S. The van der Waals surface area contributed by atoms with E-state index in [0.717, 1.165) is 20.8 Å². The van der Waals surface area contributed by atoms with E-state index in [9.17, 15) is 8.78 Å². The quantitative estimate of drug-likeness (QED) is 0.703. The van der Waals surface area contributed by atoms with Gasteiger partial charge >= 0.3 is 0 Å². The number of benzene rings is 2. The molecule has 0 amide bonds. The van der Waals surface area contributed by atoms with Gasteiger partial charge in [0.25, 0.3) is 0 Å². The third kappa shape index (κ3) is 2.59. The highest BCUT2D eigenvalue weighted by atomic mass is 79.9. The summed E-state index contributed by atoms with van der Waals surface area (Å²) < 4.78 is 28.3. The number of fused-ring (bicyclic) bond motifs is 1. The van der Waals surface area contributed by atoms with Crippen LogP contribution in [0.2, 0.25) is 0 Å². The second-order valence-electron chi connectivity index (χ2n) is 3.88. The van der Waals surface area contributed by atoms with Crippen molar-refractivity contribution in [1.82, 2.24) is 4.98 Å². The summed E-state index contributed by atoms with van der Waals surface area (Å²) in [5, 5.41) is 3.43. The van der Waals surface area contributed by atoms with Crippen LogP contribution in [0.15, 0.2) is 40.9 Å². The van der Waals surface area contributed by atoms with E-state index in [0.29, 0.717) is 5.13 Å². The number of nitrogens with one attached hydrogen (secondary N) is 1. The molecule has 1 heterocycles. The second kappa shape index (κ2) is 4.86. The molecule has 96 valence electrons. The van der Waals surface area contributed by atoms with Gasteiger partial charge in [0, 0.05) is 10.5 Å². The Bertz CT molecular complexity index is 757. The molecule has 1 aromatic heterocycles. The van der Waals surface area contributed by atoms with E-state index in [-0.39, 0.29) is 5.69 Å². The Hall–Kier alpha value is -1.53. The lowest BCUT2D eigenvalue weighted by Gasteiger charge is -2.03. The van der Waals surface area contributed by atoms with E-state index in [1.54, 1.807) is 0 Å². The number of hydrogen-bond acceptors (Lipinski definition) is 3. The summed E-state index contributed by atoms with van der Waals surface area (Å²) in [6.45, 7) is 0. The van der Waals surface area contributed by atoms with Gasteiger partial charge in [-0.05, 0) is 30.3 Å². The molecule has 0 aliphatic rings. The number of halogens is 3. The van der Waals surface area contributed by atoms with Gasteiger partial charge in [0.1, 0.15) is 11.6 Å². The monoisotopic (exact) mass is 340 g/mol. The van der Waals surface area contributed by atoms with Gasteiger partial charge in [-0.1, -0.05) is 27.3 Å². The van der Waals surface area contributed by atoms with Crippen LogP contribution in [0.5, 0.6) is 0 Å². The zero-order chi connectivity index (χ0) is 13.4. The van der Waals surface area contributed by atoms with Crippen molar-refractivity contribution in [2.45, 2.75) is 0 Å². The van der Waals surface area contributed by atoms with Crippen LogP contribution in [0.25, 0.3) is 10.2 Å². The fourth-order valence-corrected chi connectivity index (χ4v) is 3.09. The summed E-state index contributed by atoms with van der Waals surface area (Å²) >= 11 is 4.79. The lowest BCUT2D eigenvalue weighted by molar-refractivity contribution is 0.586. The van der Waals surface area contributed by atoms with E-state index in [2.05, 4.69) is 26.2 Å². The first kappa shape index (κ1) is 12.5. The molecule has 0 radical (unpaired) electrons. The molecule has 0 aliphatic carbocycles. The van der Waals surface area contributed by atoms with Crippen molar-refractivity contribution in [3.63, 3.8) is 0 Å². The van der Waals surface area contributed by atoms with E-state index in [1.165, 1.54) is 23.5 Å². The Kier molecular flexibility index (Phi) is 3.20. The molecular weight excluding hydrogens is 334 g/mol. The van der Waals surface area contributed by atoms with Gasteiger partial charge < -0.3 is 5.32 Å². The van der Waals surface area contributed by atoms with Gasteiger partial charge in [0.15, 0.2) is 5.13 Å². The third-order valence-electron chi connectivity index (χ3n) is 2.52. The number of thiazole rings is 1. The summed E-state index contributed by atoms with van der Waals surface area (Å²) in [6.07, 6.45) is 0. The van der Waals surface area contributed by atoms with Crippen LogP contribution >= 0.6 is 27.3 Å². The molecule has 0 atom stereocenters. The Balaban J connectivity index is 1.96. The molecule has 2 nitrogen and oxygen atoms in total. The van der Waals surface area contributed by atoms with Crippen molar-refractivity contribution in [2.75, 3.05) is 5.32 Å². The largest absolute Gasteiger partial charge is 0.329 e. The Labute approximate surface area is 120 Å². The molecule has 6 heteroatoms. The second-order valence-corrected chi connectivity index (χ2v) is 5.83. The maximum Gasteiger partial charge on any atom is 0.188 e. The maximum atomic E-state index is 13.5. The normalized spacial score (nSPS) is 10.9. The van der Waals surface area contributed by atoms with Crippen LogP contribution in [0, 0.1) is 11.6 Å². The average Bonchev–Trinajstić information content (AvgIpc) is 2.74. The van der Waals surface area contributed by atoms with E-state index in [4.69, 9.17) is 0 Å². The van der Waals surface area contributed by atoms with Gasteiger partial charge in [-0.3, -0.25) is 0 Å². The van der Waals surface area contributed by atoms with Crippen LogP contribution in [0.3, 0.4) is 0 Å². The SMILES string of the molecule is Fc1ccc(Nc2nc3ccc(Br)cc3s2)c(F)c1. The molecule has 1 N–H and O–H groups in total. The fourth-order valence-electron chi connectivity index (χ4n) is 1.66. The van der Waals surface area contributed by atoms with Crippen LogP contribution in [-0.4, -0.2) is 4.98 Å². The Morgan fingerprint density at radius 3 is 2.74 bits per heavy atom. The van der Waals surface area contributed by atoms with Crippen molar-refractivity contribution < 1.29 is 8.78 Å². The minimum Gasteiger partial charge on any atom is -0.329 e. The van der Waals surface area contributed by atoms with Crippen molar-refractivity contribution in [2.24, 2.45) is 0 Å². The standard InChI is InChI=1S/C13H7BrF2N2S/c14-7-1-3-11-12(5-7)19-13(18-11)17-10-4-2-8(15)6-9(10)16/h1-6H,(H,17,18). The number of rotatable bonds is 2. The first-order valence-electron chi connectivity index (χ1n) is 5.40. The minimum absolute atomic E-state index is 0.208. The van der Waals surface area contributed by atoms with Crippen molar-refractivity contribution in [3.8, 4) is 0 Å². The molecule has 0 saturated heterocycles. The number of nitrogens with zero attached hydrogens (tertiary/aromatic N) is 1. The highest BCUT2D eigenvalue weighted by Gasteiger charge is 2.08. The zero-order valence-corrected chi connectivity index (χ0v) is 11.9. The molecule has 0 saturated carbocycles. The highest BCUT2D eigenvalue weighted by molar-refractivity contribution is 9.10. The van der Waals surface area contributed by atoms with E-state index >= 15 is 0 Å². The van der Waals surface area contributed by atoms with Gasteiger partial charge in [-0.15, -0.1) is 0 Å². The fraction of sp³-hybridized carbons (Fsp3) is 0. The molecule has 0 aliphatic heterocycles. The van der Waals surface area contributed by atoms with E-state index in [1.807, 2.05) is 18.2 Å². The molecule has 19 heavy (non-hydrogen) atoms. The summed E-state index contributed by atoms with van der Waals surface area (Å²) in [4.78, 5) is 4.34. The Morgan fingerprint density at radius 2 is 1.95 bits per heavy atom. The summed E-state index contributed by atoms with van der Waals surface area (Å²) in [6, 6.07) is 9.11. The number of hydrogen-bond donors (Lipinski definition) is 1. The number of aromatic nitrogens is 1. The summed E-state index contributed by atoms with van der Waals surface area (Å²) in [7, 11) is 0. The van der Waals surface area contributed by atoms with E-state index < -0.39 is 11.6 Å². The third-order valence-corrected chi connectivity index (χ3v) is 3.95. The molecule has 0 bridgehead atoms. The first-order chi connectivity index (χ1) is 9.11. The average molecular weight is 341 g/mol. The van der Waals surface area contributed by atoms with Gasteiger partial charge in [0.2, 0.25) is 0 Å². The maximum absolute atomic E-state index is 13.5. The van der Waals surface area contributed by atoms with Crippen molar-refractivity contribution in [1.29, 1.82) is 0 Å². The molecule has 3 rings (SSSR count). The minimum atomic E-state index is -0.638. The molecule has 0 unspecified atom stereocenters. The van der Waals surface area contributed by atoms with Crippen molar-refractivity contribution >= 4 is 48.3 Å². The lowest BCUT2D eigenvalue weighted by atomic mass is 10.3. The molecule has 3 aromatic rings. The lowest BCUT2D eigenvalue weighted by Crippen LogP contribution is -1.93. The van der Waals surface area contributed by atoms with Crippen LogP contribution in [-0.2, 0) is 0 Å². The van der Waals surface area contributed by atoms with Crippen LogP contribution < -0.4 is 5.32 Å². The van der Waals surface area contributed by atoms with Gasteiger partial charge in [-0.2, -0.15) is 0 Å². The molecule has 0 fully saturated rings. The zero-order valence-electron chi connectivity index (χ0n) is 9.45. The number of anilines is 2. The summed E-state index contributed by atoms with van der Waals surface area (Å²) in [5.41, 5.74) is 1.04. The smallest absolute Gasteiger partial charge is 0.188 e. The van der Waals surface area contributed by atoms with Gasteiger partial charge in [-0.25, -0.2) is 13.8 Å². The van der Waals surface area contributed by atoms with Crippen LogP contribution in [0.1, 0.15) is 0 Å². The Morgan fingerprint density at radius 1 is 1.11 bits per heavy atom. The van der Waals surface area contributed by atoms with Crippen molar-refractivity contribution in [3.05, 3.63) is 52.5 Å². The topological polar surface area (TPSA) is 24.9 Å². The predicted molar refractivity (Wildman–Crippen MR) is 77.0 cm³/mol. The molecule has 0 spiro atoms. The highest BCUT2D eigenvalue weighted by Crippen LogP contribution is 2.31. The first-order valence-corrected chi connectivity index (χ1v) is 7.01. The van der Waals surface area contributed by atoms with Gasteiger partial charge in [0.05, 0.1) is 15.9 Å². The van der Waals surface area contributed by atoms with Crippen LogP contribution in [0.4, 0.5) is 19.6 Å². The summed E-state index contributed by atoms with van der Waals surface area (Å²) in [5.74, 6) is -1.24. The molecule has 2 aromatic carbocycles.